The van der Waals surface area contributed by atoms with Crippen LogP contribution in [-0.4, -0.2) is 27.6 Å². The highest BCUT2D eigenvalue weighted by Gasteiger charge is 2.45. The first-order valence-electron chi connectivity index (χ1n) is 9.31. The predicted molar refractivity (Wildman–Crippen MR) is 109 cm³/mol. The number of rotatable bonds is 7. The zero-order valence-electron chi connectivity index (χ0n) is 16.3. The van der Waals surface area contributed by atoms with Crippen molar-refractivity contribution in [2.45, 2.75) is 26.7 Å². The minimum absolute atomic E-state index is 0.00304. The standard InChI is InChI=1S/C22H19ClFNO5/c1-3-22(4-2,20(27)28)21(29)30-25-17-9-8-16(24)11-14(17)12-18(25)19(26)13-6-5-7-15(23)10-13/h5-12H,3-4H2,1-2H3,(H,27,28). The first-order chi connectivity index (χ1) is 14.2. The zero-order valence-corrected chi connectivity index (χ0v) is 17.1. The number of nitrogens with zero attached hydrogens (tertiary/aromatic N) is 1. The van der Waals surface area contributed by atoms with Crippen LogP contribution in [0.15, 0.2) is 48.5 Å². The molecule has 0 atom stereocenters. The van der Waals surface area contributed by atoms with Gasteiger partial charge in [0.15, 0.2) is 5.41 Å². The van der Waals surface area contributed by atoms with E-state index in [4.69, 9.17) is 16.4 Å². The number of hydrogen-bond donors (Lipinski definition) is 1. The van der Waals surface area contributed by atoms with Crippen LogP contribution in [0.4, 0.5) is 4.39 Å². The van der Waals surface area contributed by atoms with Gasteiger partial charge in [-0.15, -0.1) is 0 Å². The molecule has 3 aromatic rings. The van der Waals surface area contributed by atoms with Crippen molar-refractivity contribution in [3.63, 3.8) is 0 Å². The molecule has 1 heterocycles. The van der Waals surface area contributed by atoms with Crippen molar-refractivity contribution in [3.8, 4) is 0 Å². The van der Waals surface area contributed by atoms with Gasteiger partial charge in [-0.2, -0.15) is 4.73 Å². The Labute approximate surface area is 176 Å². The largest absolute Gasteiger partial charge is 0.480 e. The summed E-state index contributed by atoms with van der Waals surface area (Å²) in [5, 5.41) is 10.3. The Kier molecular flexibility index (Phi) is 5.94. The van der Waals surface area contributed by atoms with E-state index in [0.29, 0.717) is 10.4 Å². The topological polar surface area (TPSA) is 85.6 Å². The maximum absolute atomic E-state index is 13.7. The Morgan fingerprint density at radius 2 is 1.80 bits per heavy atom. The molecular formula is C22H19ClFNO5. The molecule has 0 saturated heterocycles. The normalized spacial score (nSPS) is 11.5. The second kappa shape index (κ2) is 8.28. The van der Waals surface area contributed by atoms with Crippen molar-refractivity contribution >= 4 is 40.2 Å². The fraction of sp³-hybridized carbons (Fsp3) is 0.227. The van der Waals surface area contributed by atoms with Crippen LogP contribution in [-0.2, 0) is 9.59 Å². The predicted octanol–water partition coefficient (Wildman–Crippen LogP) is 4.51. The molecule has 0 aliphatic heterocycles. The van der Waals surface area contributed by atoms with Crippen molar-refractivity contribution in [2.75, 3.05) is 0 Å². The van der Waals surface area contributed by atoms with Crippen LogP contribution in [0.1, 0.15) is 42.7 Å². The summed E-state index contributed by atoms with van der Waals surface area (Å²) < 4.78 is 14.7. The van der Waals surface area contributed by atoms with Crippen molar-refractivity contribution in [1.82, 2.24) is 4.73 Å². The summed E-state index contributed by atoms with van der Waals surface area (Å²) in [4.78, 5) is 43.2. The monoisotopic (exact) mass is 431 g/mol. The lowest BCUT2D eigenvalue weighted by atomic mass is 9.83. The van der Waals surface area contributed by atoms with E-state index in [1.165, 1.54) is 30.3 Å². The van der Waals surface area contributed by atoms with Gasteiger partial charge in [-0.25, -0.2) is 9.18 Å². The Morgan fingerprint density at radius 1 is 1.10 bits per heavy atom. The van der Waals surface area contributed by atoms with E-state index in [1.807, 2.05) is 0 Å². The number of carbonyl (C=O) groups is 3. The highest BCUT2D eigenvalue weighted by Crippen LogP contribution is 2.29. The molecule has 0 aliphatic rings. The minimum Gasteiger partial charge on any atom is -0.480 e. The van der Waals surface area contributed by atoms with Crippen molar-refractivity contribution in [2.24, 2.45) is 5.41 Å². The quantitative estimate of drug-likeness (QED) is 0.439. The van der Waals surface area contributed by atoms with Crippen LogP contribution in [0, 0.1) is 11.2 Å². The molecule has 0 radical (unpaired) electrons. The van der Waals surface area contributed by atoms with Crippen molar-refractivity contribution in [3.05, 3.63) is 70.6 Å². The van der Waals surface area contributed by atoms with E-state index in [-0.39, 0.29) is 29.6 Å². The summed E-state index contributed by atoms with van der Waals surface area (Å²) in [7, 11) is 0. The maximum Gasteiger partial charge on any atom is 0.350 e. The van der Waals surface area contributed by atoms with E-state index in [2.05, 4.69) is 0 Å². The highest BCUT2D eigenvalue weighted by atomic mass is 35.5. The third-order valence-electron chi connectivity index (χ3n) is 5.22. The SMILES string of the molecule is CCC(CC)(C(=O)O)C(=O)On1c(C(=O)c2cccc(Cl)c2)cc2cc(F)ccc21. The molecule has 6 nitrogen and oxygen atoms in total. The summed E-state index contributed by atoms with van der Waals surface area (Å²) in [6.07, 6.45) is 0.00609. The van der Waals surface area contributed by atoms with Crippen LogP contribution in [0.25, 0.3) is 10.9 Å². The van der Waals surface area contributed by atoms with E-state index in [0.717, 1.165) is 10.8 Å². The van der Waals surface area contributed by atoms with Gasteiger partial charge in [-0.1, -0.05) is 37.6 Å². The molecule has 0 amide bonds. The van der Waals surface area contributed by atoms with Crippen molar-refractivity contribution < 1.29 is 28.7 Å². The maximum atomic E-state index is 13.7. The van der Waals surface area contributed by atoms with Gasteiger partial charge >= 0.3 is 11.9 Å². The van der Waals surface area contributed by atoms with Crippen LogP contribution < -0.4 is 4.84 Å². The Morgan fingerprint density at radius 3 is 2.40 bits per heavy atom. The number of aliphatic carboxylic acids is 1. The van der Waals surface area contributed by atoms with Gasteiger partial charge in [0.2, 0.25) is 5.78 Å². The van der Waals surface area contributed by atoms with Gasteiger partial charge in [-0.05, 0) is 49.2 Å². The number of carboxylic acids is 1. The lowest BCUT2D eigenvalue weighted by Crippen LogP contribution is -2.44. The number of ketones is 1. The molecule has 0 unspecified atom stereocenters. The molecule has 3 rings (SSSR count). The molecule has 0 spiro atoms. The van der Waals surface area contributed by atoms with Crippen LogP contribution >= 0.6 is 11.6 Å². The summed E-state index contributed by atoms with van der Waals surface area (Å²) in [5.41, 5.74) is -1.34. The molecule has 2 aromatic carbocycles. The third-order valence-corrected chi connectivity index (χ3v) is 5.46. The molecule has 1 N–H and O–H groups in total. The van der Waals surface area contributed by atoms with Gasteiger partial charge in [-0.3, -0.25) is 9.59 Å². The fourth-order valence-electron chi connectivity index (χ4n) is 3.29. The Bertz CT molecular complexity index is 1150. The Balaban J connectivity index is 2.15. The van der Waals surface area contributed by atoms with E-state index in [9.17, 15) is 23.9 Å². The summed E-state index contributed by atoms with van der Waals surface area (Å²) >= 11 is 5.97. The van der Waals surface area contributed by atoms with E-state index < -0.39 is 29.0 Å². The molecular weight excluding hydrogens is 413 g/mol. The molecule has 8 heteroatoms. The van der Waals surface area contributed by atoms with Gasteiger partial charge in [0.25, 0.3) is 0 Å². The zero-order chi connectivity index (χ0) is 22.1. The highest BCUT2D eigenvalue weighted by molar-refractivity contribution is 6.31. The van der Waals surface area contributed by atoms with Crippen molar-refractivity contribution in [1.29, 1.82) is 0 Å². The second-order valence-electron chi connectivity index (χ2n) is 6.84. The summed E-state index contributed by atoms with van der Waals surface area (Å²) in [6.45, 7) is 3.14. The number of benzene rings is 2. The molecule has 0 bridgehead atoms. The number of carboxylic acid groups (broad SMARTS) is 1. The van der Waals surface area contributed by atoms with Gasteiger partial charge < -0.3 is 9.94 Å². The fourth-order valence-corrected chi connectivity index (χ4v) is 3.48. The number of halogens is 2. The van der Waals surface area contributed by atoms with Crippen LogP contribution in [0.5, 0.6) is 0 Å². The Hall–Kier alpha value is -3.19. The number of carbonyl (C=O) groups excluding carboxylic acids is 2. The van der Waals surface area contributed by atoms with E-state index >= 15 is 0 Å². The van der Waals surface area contributed by atoms with Crippen LogP contribution in [0.3, 0.4) is 0 Å². The average molecular weight is 432 g/mol. The third kappa shape index (κ3) is 3.68. The molecule has 1 aromatic heterocycles. The van der Waals surface area contributed by atoms with Crippen LogP contribution in [0.2, 0.25) is 5.02 Å². The molecule has 0 aliphatic carbocycles. The lowest BCUT2D eigenvalue weighted by molar-refractivity contribution is -0.169. The van der Waals surface area contributed by atoms with Gasteiger partial charge in [0.05, 0.1) is 5.52 Å². The van der Waals surface area contributed by atoms with E-state index in [1.54, 1.807) is 26.0 Å². The average Bonchev–Trinajstić information content (AvgIpc) is 3.05. The summed E-state index contributed by atoms with van der Waals surface area (Å²) in [6, 6.07) is 11.3. The molecule has 0 saturated carbocycles. The smallest absolute Gasteiger partial charge is 0.350 e. The molecule has 30 heavy (non-hydrogen) atoms. The second-order valence-corrected chi connectivity index (χ2v) is 7.28. The number of fused-ring (bicyclic) bond motifs is 1. The lowest BCUT2D eigenvalue weighted by Gasteiger charge is -2.24. The summed E-state index contributed by atoms with van der Waals surface area (Å²) in [5.74, 6) is -3.38. The first kappa shape index (κ1) is 21.5. The minimum atomic E-state index is -1.77. The van der Waals surface area contributed by atoms with Gasteiger partial charge in [0.1, 0.15) is 11.5 Å². The number of hydrogen-bond acceptors (Lipinski definition) is 4. The molecule has 0 fully saturated rings. The van der Waals surface area contributed by atoms with Gasteiger partial charge in [0, 0.05) is 16.0 Å². The molecule has 156 valence electrons. The number of aromatic nitrogens is 1. The first-order valence-corrected chi connectivity index (χ1v) is 9.68.